The van der Waals surface area contributed by atoms with E-state index in [-0.39, 0.29) is 17.3 Å². The van der Waals surface area contributed by atoms with E-state index in [1.807, 2.05) is 7.05 Å². The summed E-state index contributed by atoms with van der Waals surface area (Å²) in [4.78, 5) is 17.3. The molecular formula is C16H20FN3O. The molecule has 2 aromatic rings. The molecule has 1 saturated carbocycles. The topological polar surface area (TPSA) is 62.1 Å². The highest BCUT2D eigenvalue weighted by Gasteiger charge is 2.41. The largest absolute Gasteiger partial charge is 0.361 e. The highest BCUT2D eigenvalue weighted by atomic mass is 19.1. The maximum absolute atomic E-state index is 13.2. The van der Waals surface area contributed by atoms with E-state index in [1.54, 1.807) is 17.2 Å². The Hall–Kier alpha value is -1.88. The predicted octanol–water partition coefficient (Wildman–Crippen LogP) is 2.19. The van der Waals surface area contributed by atoms with Gasteiger partial charge in [0.15, 0.2) is 0 Å². The van der Waals surface area contributed by atoms with Gasteiger partial charge in [-0.2, -0.15) is 0 Å². The third-order valence-corrected chi connectivity index (χ3v) is 4.82. The Morgan fingerprint density at radius 3 is 2.86 bits per heavy atom. The maximum atomic E-state index is 13.2. The van der Waals surface area contributed by atoms with Gasteiger partial charge in [-0.05, 0) is 43.0 Å². The van der Waals surface area contributed by atoms with Gasteiger partial charge in [0, 0.05) is 30.7 Å². The van der Waals surface area contributed by atoms with E-state index in [4.69, 9.17) is 5.73 Å². The summed E-state index contributed by atoms with van der Waals surface area (Å²) < 4.78 is 13.2. The molecule has 0 aliphatic heterocycles. The zero-order valence-corrected chi connectivity index (χ0v) is 12.2. The number of nitrogens with one attached hydrogen (secondary N) is 1. The molecule has 1 aliphatic rings. The Morgan fingerprint density at radius 1 is 1.48 bits per heavy atom. The Kier molecular flexibility index (Phi) is 3.45. The van der Waals surface area contributed by atoms with Gasteiger partial charge < -0.3 is 15.6 Å². The fraction of sp³-hybridized carbons (Fsp3) is 0.438. The molecule has 0 spiro atoms. The first kappa shape index (κ1) is 14.1. The minimum Gasteiger partial charge on any atom is -0.361 e. The summed E-state index contributed by atoms with van der Waals surface area (Å²) in [5.41, 5.74) is 7.31. The van der Waals surface area contributed by atoms with E-state index < -0.39 is 0 Å². The molecule has 1 fully saturated rings. The number of rotatable bonds is 4. The summed E-state index contributed by atoms with van der Waals surface area (Å²) in [6.45, 7) is 0.508. The van der Waals surface area contributed by atoms with Gasteiger partial charge in [-0.15, -0.1) is 0 Å². The van der Waals surface area contributed by atoms with Crippen LogP contribution in [-0.4, -0.2) is 34.9 Å². The number of nitrogens with two attached hydrogens (primary N) is 1. The van der Waals surface area contributed by atoms with Crippen molar-refractivity contribution in [2.45, 2.75) is 31.2 Å². The van der Waals surface area contributed by atoms with Crippen molar-refractivity contribution in [3.05, 3.63) is 35.8 Å². The molecule has 3 N–H and O–H groups in total. The SMILES string of the molecule is CN(C(=O)Cc1c[nH]c2cc(F)ccc12)C1(CN)CCC1. The smallest absolute Gasteiger partial charge is 0.227 e. The third-order valence-electron chi connectivity index (χ3n) is 4.82. The van der Waals surface area contributed by atoms with Crippen molar-refractivity contribution in [3.8, 4) is 0 Å². The second kappa shape index (κ2) is 5.15. The number of carbonyl (C=O) groups excluding carboxylic acids is 1. The lowest BCUT2D eigenvalue weighted by atomic mass is 9.75. The molecule has 4 nitrogen and oxygen atoms in total. The van der Waals surface area contributed by atoms with Gasteiger partial charge in [0.2, 0.25) is 5.91 Å². The quantitative estimate of drug-likeness (QED) is 0.906. The monoisotopic (exact) mass is 289 g/mol. The number of carbonyl (C=O) groups is 1. The van der Waals surface area contributed by atoms with Gasteiger partial charge in [0.25, 0.3) is 0 Å². The minimum atomic E-state index is -0.282. The number of likely N-dealkylation sites (N-methyl/N-ethyl adjacent to an activating group) is 1. The van der Waals surface area contributed by atoms with Gasteiger partial charge in [-0.1, -0.05) is 0 Å². The second-order valence-electron chi connectivity index (χ2n) is 5.92. The molecule has 1 heterocycles. The molecular weight excluding hydrogens is 269 g/mol. The van der Waals surface area contributed by atoms with Gasteiger partial charge in [0.1, 0.15) is 5.82 Å². The van der Waals surface area contributed by atoms with Crippen molar-refractivity contribution in [2.24, 2.45) is 5.73 Å². The van der Waals surface area contributed by atoms with Crippen LogP contribution in [0.3, 0.4) is 0 Å². The number of fused-ring (bicyclic) bond motifs is 1. The third kappa shape index (κ3) is 2.31. The Morgan fingerprint density at radius 2 is 2.24 bits per heavy atom. The second-order valence-corrected chi connectivity index (χ2v) is 5.92. The lowest BCUT2D eigenvalue weighted by molar-refractivity contribution is -0.137. The average molecular weight is 289 g/mol. The number of benzene rings is 1. The van der Waals surface area contributed by atoms with Crippen LogP contribution in [0.4, 0.5) is 4.39 Å². The van der Waals surface area contributed by atoms with Crippen molar-refractivity contribution in [3.63, 3.8) is 0 Å². The summed E-state index contributed by atoms with van der Waals surface area (Å²) in [6.07, 6.45) is 5.17. The lowest BCUT2D eigenvalue weighted by Crippen LogP contribution is -2.59. The molecule has 0 radical (unpaired) electrons. The number of halogens is 1. The predicted molar refractivity (Wildman–Crippen MR) is 80.4 cm³/mol. The molecule has 3 rings (SSSR count). The number of H-pyrrole nitrogens is 1. The molecule has 5 heteroatoms. The zero-order chi connectivity index (χ0) is 15.0. The van der Waals surface area contributed by atoms with Crippen molar-refractivity contribution < 1.29 is 9.18 Å². The van der Waals surface area contributed by atoms with Crippen LogP contribution in [0.2, 0.25) is 0 Å². The van der Waals surface area contributed by atoms with Crippen LogP contribution in [0.1, 0.15) is 24.8 Å². The number of aromatic nitrogens is 1. The highest BCUT2D eigenvalue weighted by molar-refractivity contribution is 5.89. The number of nitrogens with zero attached hydrogens (tertiary/aromatic N) is 1. The maximum Gasteiger partial charge on any atom is 0.227 e. The van der Waals surface area contributed by atoms with E-state index in [1.165, 1.54) is 12.1 Å². The van der Waals surface area contributed by atoms with Crippen molar-refractivity contribution in [2.75, 3.05) is 13.6 Å². The van der Waals surface area contributed by atoms with E-state index in [2.05, 4.69) is 4.98 Å². The van der Waals surface area contributed by atoms with Gasteiger partial charge in [0.05, 0.1) is 12.0 Å². The minimum absolute atomic E-state index is 0.0605. The van der Waals surface area contributed by atoms with Crippen LogP contribution >= 0.6 is 0 Å². The van der Waals surface area contributed by atoms with E-state index >= 15 is 0 Å². The molecule has 0 saturated heterocycles. The first-order valence-electron chi connectivity index (χ1n) is 7.28. The number of hydrogen-bond donors (Lipinski definition) is 2. The first-order chi connectivity index (χ1) is 10.1. The Balaban J connectivity index is 1.80. The lowest BCUT2D eigenvalue weighted by Gasteiger charge is -2.48. The standard InChI is InChI=1S/C16H20FN3O/c1-20(16(10-18)5-2-6-16)15(21)7-11-9-19-14-8-12(17)3-4-13(11)14/h3-4,8-9,19H,2,5-7,10,18H2,1H3. The summed E-state index contributed by atoms with van der Waals surface area (Å²) >= 11 is 0. The number of aromatic amines is 1. The van der Waals surface area contributed by atoms with Crippen LogP contribution in [0.15, 0.2) is 24.4 Å². The Labute approximate surface area is 123 Å². The summed E-state index contributed by atoms with van der Waals surface area (Å²) in [6, 6.07) is 4.58. The van der Waals surface area contributed by atoms with Crippen LogP contribution in [0.25, 0.3) is 10.9 Å². The van der Waals surface area contributed by atoms with Crippen LogP contribution in [-0.2, 0) is 11.2 Å². The molecule has 112 valence electrons. The molecule has 0 unspecified atom stereocenters. The zero-order valence-electron chi connectivity index (χ0n) is 12.2. The summed E-state index contributed by atoms with van der Waals surface area (Å²) in [5, 5.41) is 0.897. The van der Waals surface area contributed by atoms with Gasteiger partial charge in [-0.25, -0.2) is 4.39 Å². The number of hydrogen-bond acceptors (Lipinski definition) is 2. The molecule has 1 amide bonds. The molecule has 0 atom stereocenters. The molecule has 0 bridgehead atoms. The fourth-order valence-electron chi connectivity index (χ4n) is 3.11. The number of amides is 1. The van der Waals surface area contributed by atoms with Crippen LogP contribution < -0.4 is 5.73 Å². The van der Waals surface area contributed by atoms with E-state index in [0.29, 0.717) is 13.0 Å². The van der Waals surface area contributed by atoms with Crippen LogP contribution in [0.5, 0.6) is 0 Å². The molecule has 1 aromatic carbocycles. The molecule has 21 heavy (non-hydrogen) atoms. The van der Waals surface area contributed by atoms with Crippen LogP contribution in [0, 0.1) is 5.82 Å². The average Bonchev–Trinajstić information content (AvgIpc) is 2.80. The van der Waals surface area contributed by atoms with Crippen molar-refractivity contribution in [1.82, 2.24) is 9.88 Å². The summed E-state index contributed by atoms with van der Waals surface area (Å²) in [7, 11) is 1.84. The highest BCUT2D eigenvalue weighted by Crippen LogP contribution is 2.36. The van der Waals surface area contributed by atoms with Crippen molar-refractivity contribution in [1.29, 1.82) is 0 Å². The Bertz CT molecular complexity index is 670. The van der Waals surface area contributed by atoms with Gasteiger partial charge >= 0.3 is 0 Å². The van der Waals surface area contributed by atoms with E-state index in [0.717, 1.165) is 35.7 Å². The van der Waals surface area contributed by atoms with Crippen molar-refractivity contribution >= 4 is 16.8 Å². The van der Waals surface area contributed by atoms with Gasteiger partial charge in [-0.3, -0.25) is 4.79 Å². The summed E-state index contributed by atoms with van der Waals surface area (Å²) in [5.74, 6) is -0.221. The molecule has 1 aromatic heterocycles. The molecule has 1 aliphatic carbocycles. The van der Waals surface area contributed by atoms with E-state index in [9.17, 15) is 9.18 Å². The fourth-order valence-corrected chi connectivity index (χ4v) is 3.11. The normalized spacial score (nSPS) is 16.7. The first-order valence-corrected chi connectivity index (χ1v) is 7.28.